The van der Waals surface area contributed by atoms with E-state index in [1.807, 2.05) is 6.92 Å². The molecule has 0 aromatic heterocycles. The van der Waals surface area contributed by atoms with Gasteiger partial charge in [-0.2, -0.15) is 0 Å². The van der Waals surface area contributed by atoms with Gasteiger partial charge in [0.15, 0.2) is 0 Å². The van der Waals surface area contributed by atoms with Crippen LogP contribution in [-0.4, -0.2) is 11.9 Å². The Balaban J connectivity index is 3.02. The number of hydrogen-bond donors (Lipinski definition) is 3. The Morgan fingerprint density at radius 3 is 2.73 bits per heavy atom. The van der Waals surface area contributed by atoms with E-state index in [1.54, 1.807) is 18.2 Å². The highest BCUT2D eigenvalue weighted by Crippen LogP contribution is 2.20. The van der Waals surface area contributed by atoms with Crippen molar-refractivity contribution in [2.75, 3.05) is 11.1 Å². The third kappa shape index (κ3) is 2.87. The molecular formula is C11H17N3O. The summed E-state index contributed by atoms with van der Waals surface area (Å²) >= 11 is 0. The molecule has 1 atom stereocenters. The lowest BCUT2D eigenvalue weighted by atomic mass is 10.1. The lowest BCUT2D eigenvalue weighted by Gasteiger charge is -2.15. The minimum absolute atomic E-state index is 0.282. The average molecular weight is 207 g/mol. The number of nitrogen functional groups attached to an aromatic ring is 1. The van der Waals surface area contributed by atoms with Crippen LogP contribution in [0.25, 0.3) is 0 Å². The third-order valence-corrected chi connectivity index (χ3v) is 2.32. The molecule has 1 aromatic rings. The van der Waals surface area contributed by atoms with Crippen molar-refractivity contribution in [2.24, 2.45) is 5.73 Å². The molecule has 0 bridgehead atoms. The number of primary amides is 1. The predicted octanol–water partition coefficient (Wildman–Crippen LogP) is 1.58. The number of benzene rings is 1. The Labute approximate surface area is 89.6 Å². The largest absolute Gasteiger partial charge is 0.399 e. The van der Waals surface area contributed by atoms with Crippen LogP contribution in [0.3, 0.4) is 0 Å². The van der Waals surface area contributed by atoms with Crippen LogP contribution in [0.5, 0.6) is 0 Å². The molecule has 15 heavy (non-hydrogen) atoms. The molecule has 1 amide bonds. The van der Waals surface area contributed by atoms with Gasteiger partial charge in [0.05, 0.1) is 5.56 Å². The van der Waals surface area contributed by atoms with Gasteiger partial charge in [0, 0.05) is 17.4 Å². The summed E-state index contributed by atoms with van der Waals surface area (Å²) in [5, 5.41) is 3.20. The van der Waals surface area contributed by atoms with Crippen LogP contribution in [0.15, 0.2) is 18.2 Å². The molecule has 0 saturated carbocycles. The predicted molar refractivity (Wildman–Crippen MR) is 62.7 cm³/mol. The molecule has 0 aliphatic heterocycles. The first-order valence-electron chi connectivity index (χ1n) is 5.00. The molecule has 1 unspecified atom stereocenters. The molecule has 4 heteroatoms. The van der Waals surface area contributed by atoms with Crippen molar-refractivity contribution in [3.05, 3.63) is 23.8 Å². The zero-order chi connectivity index (χ0) is 11.4. The van der Waals surface area contributed by atoms with Gasteiger partial charge in [-0.3, -0.25) is 4.79 Å². The van der Waals surface area contributed by atoms with Crippen molar-refractivity contribution in [1.82, 2.24) is 0 Å². The SMILES string of the molecule is CCC(C)Nc1cc(N)ccc1C(N)=O. The maximum atomic E-state index is 11.1. The van der Waals surface area contributed by atoms with Crippen molar-refractivity contribution < 1.29 is 4.79 Å². The number of amides is 1. The van der Waals surface area contributed by atoms with Crippen LogP contribution in [0.1, 0.15) is 30.6 Å². The van der Waals surface area contributed by atoms with Crippen molar-refractivity contribution >= 4 is 17.3 Å². The Bertz CT molecular complexity index is 363. The van der Waals surface area contributed by atoms with Crippen LogP contribution in [0.2, 0.25) is 0 Å². The van der Waals surface area contributed by atoms with Crippen LogP contribution in [-0.2, 0) is 0 Å². The number of nitrogens with two attached hydrogens (primary N) is 2. The molecule has 0 heterocycles. The van der Waals surface area contributed by atoms with Gasteiger partial charge in [0.25, 0.3) is 5.91 Å². The maximum absolute atomic E-state index is 11.1. The van der Waals surface area contributed by atoms with Gasteiger partial charge in [-0.1, -0.05) is 6.92 Å². The second kappa shape index (κ2) is 4.68. The molecule has 5 N–H and O–H groups in total. The average Bonchev–Trinajstić information content (AvgIpc) is 2.17. The Morgan fingerprint density at radius 2 is 2.20 bits per heavy atom. The molecule has 0 aliphatic carbocycles. The molecule has 1 aromatic carbocycles. The standard InChI is InChI=1S/C11H17N3O/c1-3-7(2)14-10-6-8(12)4-5-9(10)11(13)15/h4-7,14H,3,12H2,1-2H3,(H2,13,15). The summed E-state index contributed by atoms with van der Waals surface area (Å²) in [7, 11) is 0. The number of carbonyl (C=O) groups excluding carboxylic acids is 1. The summed E-state index contributed by atoms with van der Waals surface area (Å²) in [4.78, 5) is 11.1. The van der Waals surface area contributed by atoms with E-state index in [0.717, 1.165) is 6.42 Å². The van der Waals surface area contributed by atoms with Gasteiger partial charge in [0.1, 0.15) is 0 Å². The van der Waals surface area contributed by atoms with E-state index in [4.69, 9.17) is 11.5 Å². The zero-order valence-corrected chi connectivity index (χ0v) is 9.08. The van der Waals surface area contributed by atoms with Crippen LogP contribution in [0.4, 0.5) is 11.4 Å². The lowest BCUT2D eigenvalue weighted by Crippen LogP contribution is -2.19. The smallest absolute Gasteiger partial charge is 0.250 e. The van der Waals surface area contributed by atoms with E-state index in [9.17, 15) is 4.79 Å². The van der Waals surface area contributed by atoms with Gasteiger partial charge in [-0.15, -0.1) is 0 Å². The quantitative estimate of drug-likeness (QED) is 0.655. The molecule has 1 rings (SSSR count). The first kappa shape index (κ1) is 11.4. The van der Waals surface area contributed by atoms with E-state index in [0.29, 0.717) is 16.9 Å². The number of rotatable bonds is 4. The molecule has 4 nitrogen and oxygen atoms in total. The summed E-state index contributed by atoms with van der Waals surface area (Å²) in [6.07, 6.45) is 0.965. The van der Waals surface area contributed by atoms with E-state index in [2.05, 4.69) is 12.2 Å². The maximum Gasteiger partial charge on any atom is 0.250 e. The molecule has 0 radical (unpaired) electrons. The van der Waals surface area contributed by atoms with E-state index in [-0.39, 0.29) is 6.04 Å². The normalized spacial score (nSPS) is 12.1. The van der Waals surface area contributed by atoms with E-state index < -0.39 is 5.91 Å². The van der Waals surface area contributed by atoms with Gasteiger partial charge in [-0.25, -0.2) is 0 Å². The summed E-state index contributed by atoms with van der Waals surface area (Å²) in [6, 6.07) is 5.32. The third-order valence-electron chi connectivity index (χ3n) is 2.32. The fourth-order valence-electron chi connectivity index (χ4n) is 1.26. The molecule has 0 saturated heterocycles. The Hall–Kier alpha value is -1.71. The minimum Gasteiger partial charge on any atom is -0.399 e. The monoisotopic (exact) mass is 207 g/mol. The van der Waals surface area contributed by atoms with E-state index in [1.165, 1.54) is 0 Å². The first-order chi connectivity index (χ1) is 7.04. The van der Waals surface area contributed by atoms with Gasteiger partial charge >= 0.3 is 0 Å². The second-order valence-corrected chi connectivity index (χ2v) is 3.62. The van der Waals surface area contributed by atoms with Crippen LogP contribution in [0, 0.1) is 0 Å². The highest BCUT2D eigenvalue weighted by Gasteiger charge is 2.09. The minimum atomic E-state index is -0.444. The number of carbonyl (C=O) groups is 1. The molecular weight excluding hydrogens is 190 g/mol. The fraction of sp³-hybridized carbons (Fsp3) is 0.364. The van der Waals surface area contributed by atoms with Gasteiger partial charge < -0.3 is 16.8 Å². The summed E-state index contributed by atoms with van der Waals surface area (Å²) < 4.78 is 0. The highest BCUT2D eigenvalue weighted by molar-refractivity contribution is 5.99. The molecule has 0 spiro atoms. The summed E-state index contributed by atoms with van der Waals surface area (Å²) in [5.41, 5.74) is 12.7. The zero-order valence-electron chi connectivity index (χ0n) is 9.08. The van der Waals surface area contributed by atoms with Gasteiger partial charge in [-0.05, 0) is 31.5 Å². The highest BCUT2D eigenvalue weighted by atomic mass is 16.1. The van der Waals surface area contributed by atoms with Crippen molar-refractivity contribution in [3.8, 4) is 0 Å². The molecule has 82 valence electrons. The van der Waals surface area contributed by atoms with Gasteiger partial charge in [0.2, 0.25) is 0 Å². The van der Waals surface area contributed by atoms with Crippen molar-refractivity contribution in [3.63, 3.8) is 0 Å². The molecule has 0 fully saturated rings. The molecule has 0 aliphatic rings. The Kier molecular flexibility index (Phi) is 3.55. The van der Waals surface area contributed by atoms with Crippen LogP contribution < -0.4 is 16.8 Å². The Morgan fingerprint density at radius 1 is 1.53 bits per heavy atom. The summed E-state index contributed by atoms with van der Waals surface area (Å²) in [5.74, 6) is -0.444. The fourth-order valence-corrected chi connectivity index (χ4v) is 1.26. The summed E-state index contributed by atoms with van der Waals surface area (Å²) in [6.45, 7) is 4.10. The number of hydrogen-bond acceptors (Lipinski definition) is 3. The van der Waals surface area contributed by atoms with E-state index >= 15 is 0 Å². The van der Waals surface area contributed by atoms with Crippen molar-refractivity contribution in [2.45, 2.75) is 26.3 Å². The number of anilines is 2. The second-order valence-electron chi connectivity index (χ2n) is 3.62. The first-order valence-corrected chi connectivity index (χ1v) is 5.00. The van der Waals surface area contributed by atoms with Crippen LogP contribution >= 0.6 is 0 Å². The lowest BCUT2D eigenvalue weighted by molar-refractivity contribution is 0.100. The number of nitrogens with one attached hydrogen (secondary N) is 1. The van der Waals surface area contributed by atoms with Crippen molar-refractivity contribution in [1.29, 1.82) is 0 Å². The topological polar surface area (TPSA) is 81.1 Å².